The number of carbonyl (C=O) groups is 2. The molecule has 0 aliphatic heterocycles. The number of ether oxygens (including phenoxy) is 2. The van der Waals surface area contributed by atoms with E-state index >= 15 is 0 Å². The van der Waals surface area contributed by atoms with Crippen molar-refractivity contribution in [1.29, 1.82) is 0 Å². The molecular formula is C24H40O5. The molecule has 0 aromatic rings. The van der Waals surface area contributed by atoms with Gasteiger partial charge in [-0.25, -0.2) is 0 Å². The minimum absolute atomic E-state index is 0.0203. The highest BCUT2D eigenvalue weighted by molar-refractivity contribution is 5.66. The molecule has 1 N–H and O–H groups in total. The summed E-state index contributed by atoms with van der Waals surface area (Å²) in [5.74, 6) is 0.968. The molecule has 3 aliphatic carbocycles. The number of hydrogen-bond donors (Lipinski definition) is 1. The number of esters is 2. The summed E-state index contributed by atoms with van der Waals surface area (Å²) < 4.78 is 11.5. The molecule has 3 fully saturated rings. The largest absolute Gasteiger partial charge is 0.465 e. The summed E-state index contributed by atoms with van der Waals surface area (Å²) in [6, 6.07) is 0. The molecule has 0 spiro atoms. The molecule has 0 heterocycles. The number of fused-ring (bicyclic) bond motifs is 3. The fourth-order valence-electron chi connectivity index (χ4n) is 7.61. The van der Waals surface area contributed by atoms with Crippen molar-refractivity contribution in [3.05, 3.63) is 0 Å². The van der Waals surface area contributed by atoms with Crippen LogP contribution in [0.25, 0.3) is 0 Å². The maximum absolute atomic E-state index is 12.0. The molecule has 3 rings (SSSR count). The third kappa shape index (κ3) is 4.08. The zero-order valence-corrected chi connectivity index (χ0v) is 19.0. The Morgan fingerprint density at radius 3 is 2.31 bits per heavy atom. The number of carbonyl (C=O) groups excluding carboxylic acids is 2. The first-order chi connectivity index (χ1) is 13.6. The topological polar surface area (TPSA) is 72.8 Å². The van der Waals surface area contributed by atoms with Crippen LogP contribution >= 0.6 is 0 Å². The van der Waals surface area contributed by atoms with Crippen LogP contribution in [0.1, 0.15) is 86.0 Å². The van der Waals surface area contributed by atoms with Crippen molar-refractivity contribution < 1.29 is 24.2 Å². The van der Waals surface area contributed by atoms with E-state index in [1.54, 1.807) is 0 Å². The molecule has 0 amide bonds. The van der Waals surface area contributed by atoms with E-state index in [4.69, 9.17) is 9.47 Å². The monoisotopic (exact) mass is 408 g/mol. The predicted molar refractivity (Wildman–Crippen MR) is 111 cm³/mol. The van der Waals surface area contributed by atoms with Crippen molar-refractivity contribution in [2.75, 3.05) is 13.2 Å². The summed E-state index contributed by atoms with van der Waals surface area (Å²) in [7, 11) is 0. The molecule has 0 unspecified atom stereocenters. The number of aliphatic hydroxyl groups is 1. The first-order valence-electron chi connectivity index (χ1n) is 11.5. The molecular weight excluding hydrogens is 368 g/mol. The van der Waals surface area contributed by atoms with Gasteiger partial charge in [-0.05, 0) is 68.1 Å². The molecule has 5 nitrogen and oxygen atoms in total. The SMILES string of the molecule is CC(=O)OC[C@]1(C)CCC[C@]2(C)[C@H]3CC[C@](C)(CCO)[C@H](OC(C)=O)[C@H]3CC[C@@H]12. The Hall–Kier alpha value is -1.10. The van der Waals surface area contributed by atoms with Gasteiger partial charge in [-0.3, -0.25) is 9.59 Å². The average molecular weight is 409 g/mol. The standard InChI is InChI=1S/C24H40O5/c1-16(26)28-15-23(4)10-6-11-24(5)19-9-12-22(3,13-14-25)21(29-17(2)27)18(19)7-8-20(23)24/h18-21,25H,6-15H2,1-5H3/t18-,19-,20-,21+,22+,23-,24+/m0/s1. The molecule has 0 bridgehead atoms. The van der Waals surface area contributed by atoms with E-state index < -0.39 is 0 Å². The number of aliphatic hydroxyl groups excluding tert-OH is 1. The van der Waals surface area contributed by atoms with Crippen LogP contribution in [-0.4, -0.2) is 36.4 Å². The van der Waals surface area contributed by atoms with E-state index in [2.05, 4.69) is 20.8 Å². The van der Waals surface area contributed by atoms with E-state index in [1.165, 1.54) is 20.3 Å². The highest BCUT2D eigenvalue weighted by Crippen LogP contribution is 2.66. The van der Waals surface area contributed by atoms with Gasteiger partial charge in [0.1, 0.15) is 6.10 Å². The second-order valence-electron chi connectivity index (χ2n) is 10.9. The molecule has 0 radical (unpaired) electrons. The summed E-state index contributed by atoms with van der Waals surface area (Å²) in [4.78, 5) is 23.4. The normalized spacial score (nSPS) is 44.3. The van der Waals surface area contributed by atoms with E-state index in [1.807, 2.05) is 0 Å². The van der Waals surface area contributed by atoms with Crippen LogP contribution in [0.15, 0.2) is 0 Å². The lowest BCUT2D eigenvalue weighted by atomic mass is 9.42. The maximum Gasteiger partial charge on any atom is 0.302 e. The molecule has 3 saturated carbocycles. The Bertz CT molecular complexity index is 633. The third-order valence-electron chi connectivity index (χ3n) is 8.94. The van der Waals surface area contributed by atoms with E-state index in [9.17, 15) is 14.7 Å². The lowest BCUT2D eigenvalue weighted by molar-refractivity contribution is -0.201. The van der Waals surface area contributed by atoms with Crippen LogP contribution in [0.3, 0.4) is 0 Å². The Morgan fingerprint density at radius 1 is 0.966 bits per heavy atom. The Balaban J connectivity index is 1.89. The minimum atomic E-state index is -0.213. The molecule has 7 atom stereocenters. The molecule has 166 valence electrons. The van der Waals surface area contributed by atoms with Gasteiger partial charge in [-0.15, -0.1) is 0 Å². The van der Waals surface area contributed by atoms with Crippen molar-refractivity contribution >= 4 is 11.9 Å². The highest BCUT2D eigenvalue weighted by atomic mass is 16.5. The minimum Gasteiger partial charge on any atom is -0.465 e. The lowest BCUT2D eigenvalue weighted by Crippen LogP contribution is -2.60. The lowest BCUT2D eigenvalue weighted by Gasteiger charge is -2.63. The third-order valence-corrected chi connectivity index (χ3v) is 8.94. The molecule has 29 heavy (non-hydrogen) atoms. The van der Waals surface area contributed by atoms with Gasteiger partial charge in [-0.2, -0.15) is 0 Å². The first-order valence-corrected chi connectivity index (χ1v) is 11.5. The Kier molecular flexibility index (Phi) is 6.39. The predicted octanol–water partition coefficient (Wildman–Crippen LogP) is 4.50. The quantitative estimate of drug-likeness (QED) is 0.678. The Labute approximate surface area is 175 Å². The van der Waals surface area contributed by atoms with E-state index in [0.29, 0.717) is 30.8 Å². The fraction of sp³-hybridized carbons (Fsp3) is 0.917. The van der Waals surface area contributed by atoms with Crippen LogP contribution in [0.2, 0.25) is 0 Å². The molecule has 5 heteroatoms. The molecule has 0 aromatic carbocycles. The van der Waals surface area contributed by atoms with E-state index in [-0.39, 0.29) is 40.9 Å². The van der Waals surface area contributed by atoms with Crippen molar-refractivity contribution in [1.82, 2.24) is 0 Å². The van der Waals surface area contributed by atoms with Crippen molar-refractivity contribution in [2.45, 2.75) is 92.1 Å². The molecule has 0 aromatic heterocycles. The van der Waals surface area contributed by atoms with Gasteiger partial charge in [0, 0.05) is 31.3 Å². The highest BCUT2D eigenvalue weighted by Gasteiger charge is 2.61. The van der Waals surface area contributed by atoms with Crippen LogP contribution in [0.5, 0.6) is 0 Å². The smallest absolute Gasteiger partial charge is 0.302 e. The average Bonchev–Trinajstić information content (AvgIpc) is 2.62. The van der Waals surface area contributed by atoms with Gasteiger partial charge in [-0.1, -0.05) is 27.2 Å². The van der Waals surface area contributed by atoms with E-state index in [0.717, 1.165) is 38.5 Å². The summed E-state index contributed by atoms with van der Waals surface area (Å²) in [5.41, 5.74) is 0.0436. The zero-order valence-electron chi connectivity index (χ0n) is 19.0. The van der Waals surface area contributed by atoms with Gasteiger partial charge in [0.25, 0.3) is 0 Å². The second-order valence-corrected chi connectivity index (χ2v) is 10.9. The van der Waals surface area contributed by atoms with Gasteiger partial charge < -0.3 is 14.6 Å². The first kappa shape index (κ1) is 22.6. The van der Waals surface area contributed by atoms with Gasteiger partial charge >= 0.3 is 11.9 Å². The number of rotatable bonds is 5. The zero-order chi connectivity index (χ0) is 21.4. The van der Waals surface area contributed by atoms with Crippen LogP contribution in [0.4, 0.5) is 0 Å². The summed E-state index contributed by atoms with van der Waals surface area (Å²) in [5, 5.41) is 9.66. The summed E-state index contributed by atoms with van der Waals surface area (Å²) in [6.45, 7) is 10.6. The summed E-state index contributed by atoms with van der Waals surface area (Å²) >= 11 is 0. The van der Waals surface area contributed by atoms with Crippen molar-refractivity contribution in [2.24, 2.45) is 34.0 Å². The molecule has 0 saturated heterocycles. The Morgan fingerprint density at radius 2 is 1.69 bits per heavy atom. The van der Waals surface area contributed by atoms with Crippen molar-refractivity contribution in [3.8, 4) is 0 Å². The van der Waals surface area contributed by atoms with Crippen LogP contribution in [-0.2, 0) is 19.1 Å². The molecule has 3 aliphatic rings. The van der Waals surface area contributed by atoms with Crippen LogP contribution in [0, 0.1) is 34.0 Å². The van der Waals surface area contributed by atoms with Gasteiger partial charge in [0.05, 0.1) is 6.61 Å². The second kappa shape index (κ2) is 8.20. The van der Waals surface area contributed by atoms with Gasteiger partial charge in [0.15, 0.2) is 0 Å². The number of hydrogen-bond acceptors (Lipinski definition) is 5. The van der Waals surface area contributed by atoms with Crippen LogP contribution < -0.4 is 0 Å². The van der Waals surface area contributed by atoms with Gasteiger partial charge in [0.2, 0.25) is 0 Å². The summed E-state index contributed by atoms with van der Waals surface area (Å²) in [6.07, 6.45) is 8.24. The maximum atomic E-state index is 12.0. The fourth-order valence-corrected chi connectivity index (χ4v) is 7.61. The van der Waals surface area contributed by atoms with Crippen molar-refractivity contribution in [3.63, 3.8) is 0 Å².